The zero-order valence-electron chi connectivity index (χ0n) is 15.4. The molecular weight excluding hydrogens is 344 g/mol. The Hall–Kier alpha value is -2.57. The topological polar surface area (TPSA) is 105 Å². The van der Waals surface area contributed by atoms with E-state index < -0.39 is 5.54 Å². The maximum absolute atomic E-state index is 12.6. The number of urea groups is 1. The highest BCUT2D eigenvalue weighted by atomic mass is 16.2. The molecule has 7 heteroatoms. The molecule has 0 radical (unpaired) electrons. The molecule has 1 aliphatic heterocycles. The van der Waals surface area contributed by atoms with Gasteiger partial charge < -0.3 is 16.4 Å². The van der Waals surface area contributed by atoms with Crippen LogP contribution in [-0.2, 0) is 16.0 Å². The van der Waals surface area contributed by atoms with Gasteiger partial charge in [-0.25, -0.2) is 4.79 Å². The van der Waals surface area contributed by atoms with Crippen molar-refractivity contribution in [1.82, 2.24) is 15.5 Å². The Morgan fingerprint density at radius 3 is 2.81 bits per heavy atom. The van der Waals surface area contributed by atoms with Crippen LogP contribution in [-0.4, -0.2) is 34.8 Å². The van der Waals surface area contributed by atoms with Crippen molar-refractivity contribution < 1.29 is 14.4 Å². The van der Waals surface area contributed by atoms with Gasteiger partial charge in [0.1, 0.15) is 5.54 Å². The number of carbonyl (C=O) groups excluding carboxylic acids is 3. The van der Waals surface area contributed by atoms with Gasteiger partial charge in [-0.1, -0.05) is 18.9 Å². The van der Waals surface area contributed by atoms with E-state index in [1.54, 1.807) is 0 Å². The molecule has 4 N–H and O–H groups in total. The molecule has 144 valence electrons. The zero-order chi connectivity index (χ0) is 19.0. The molecule has 3 aliphatic rings. The number of imide groups is 1. The number of nitrogen functional groups attached to an aromatic ring is 1. The molecule has 27 heavy (non-hydrogen) atoms. The molecule has 1 spiro atoms. The van der Waals surface area contributed by atoms with Crippen LogP contribution in [0.15, 0.2) is 18.2 Å². The van der Waals surface area contributed by atoms with Gasteiger partial charge in [0.05, 0.1) is 6.04 Å². The summed E-state index contributed by atoms with van der Waals surface area (Å²) in [5, 5.41) is 5.91. The first-order chi connectivity index (χ1) is 13.0. The summed E-state index contributed by atoms with van der Waals surface area (Å²) in [4.78, 5) is 38.5. The van der Waals surface area contributed by atoms with Crippen LogP contribution in [0.4, 0.5) is 10.5 Å². The standard InChI is InChI=1S/C20H26N4O3/c21-14-6-7-15-13(12-14)4-3-5-16(15)22-17(25)8-11-24-18(26)20(23-19(24)27)9-1-2-10-20/h6-7,12,16H,1-5,8-11,21H2,(H,22,25)(H,23,27). The van der Waals surface area contributed by atoms with E-state index in [9.17, 15) is 14.4 Å². The van der Waals surface area contributed by atoms with Crippen LogP contribution in [0.1, 0.15) is 62.1 Å². The first-order valence-electron chi connectivity index (χ1n) is 9.80. The van der Waals surface area contributed by atoms with Gasteiger partial charge in [-0.2, -0.15) is 0 Å². The lowest BCUT2D eigenvalue weighted by molar-refractivity contribution is -0.131. The molecule has 1 unspecified atom stereocenters. The van der Waals surface area contributed by atoms with Gasteiger partial charge >= 0.3 is 6.03 Å². The molecule has 0 bridgehead atoms. The lowest BCUT2D eigenvalue weighted by atomic mass is 9.87. The Balaban J connectivity index is 1.36. The Morgan fingerprint density at radius 2 is 2.04 bits per heavy atom. The van der Waals surface area contributed by atoms with Crippen molar-refractivity contribution in [1.29, 1.82) is 0 Å². The number of hydrogen-bond acceptors (Lipinski definition) is 4. The van der Waals surface area contributed by atoms with Gasteiger partial charge in [-0.05, 0) is 55.4 Å². The number of hydrogen-bond donors (Lipinski definition) is 3. The Morgan fingerprint density at radius 1 is 1.26 bits per heavy atom. The van der Waals surface area contributed by atoms with Gasteiger partial charge in [-0.15, -0.1) is 0 Å². The van der Waals surface area contributed by atoms with Gasteiger partial charge in [0.25, 0.3) is 5.91 Å². The number of amides is 4. The highest BCUT2D eigenvalue weighted by Crippen LogP contribution is 2.35. The molecule has 1 heterocycles. The fourth-order valence-electron chi connectivity index (χ4n) is 4.66. The first-order valence-corrected chi connectivity index (χ1v) is 9.80. The van der Waals surface area contributed by atoms with E-state index in [0.29, 0.717) is 12.8 Å². The normalized spacial score (nSPS) is 23.4. The van der Waals surface area contributed by atoms with Crippen LogP contribution in [0.2, 0.25) is 0 Å². The molecule has 7 nitrogen and oxygen atoms in total. The van der Waals surface area contributed by atoms with Gasteiger partial charge in [0, 0.05) is 18.7 Å². The monoisotopic (exact) mass is 370 g/mol. The van der Waals surface area contributed by atoms with Crippen molar-refractivity contribution in [3.8, 4) is 0 Å². The molecule has 1 aromatic rings. The van der Waals surface area contributed by atoms with Crippen LogP contribution in [0, 0.1) is 0 Å². The second kappa shape index (κ2) is 6.87. The minimum Gasteiger partial charge on any atom is -0.399 e. The van der Waals surface area contributed by atoms with E-state index in [1.807, 2.05) is 18.2 Å². The van der Waals surface area contributed by atoms with Gasteiger partial charge in [0.15, 0.2) is 0 Å². The molecule has 1 saturated heterocycles. The maximum atomic E-state index is 12.6. The third-order valence-electron chi connectivity index (χ3n) is 6.08. The molecule has 4 rings (SSSR count). The number of nitrogens with two attached hydrogens (primary N) is 1. The van der Waals surface area contributed by atoms with Crippen LogP contribution in [0.3, 0.4) is 0 Å². The summed E-state index contributed by atoms with van der Waals surface area (Å²) in [5.74, 6) is -0.311. The molecule has 2 aliphatic carbocycles. The van der Waals surface area contributed by atoms with Crippen molar-refractivity contribution >= 4 is 23.5 Å². The second-order valence-electron chi connectivity index (χ2n) is 7.90. The SMILES string of the molecule is Nc1ccc2c(c1)CCCC2NC(=O)CCN1C(=O)NC2(CCCC2)C1=O. The van der Waals surface area contributed by atoms with Crippen molar-refractivity contribution in [2.75, 3.05) is 12.3 Å². The van der Waals surface area contributed by atoms with E-state index in [0.717, 1.165) is 43.4 Å². The first kappa shape index (κ1) is 17.8. The smallest absolute Gasteiger partial charge is 0.325 e. The van der Waals surface area contributed by atoms with E-state index in [2.05, 4.69) is 10.6 Å². The molecule has 2 fully saturated rings. The summed E-state index contributed by atoms with van der Waals surface area (Å²) < 4.78 is 0. The number of anilines is 1. The molecular formula is C20H26N4O3. The minimum absolute atomic E-state index is 0.0360. The number of aryl methyl sites for hydroxylation is 1. The number of rotatable bonds is 4. The summed E-state index contributed by atoms with van der Waals surface area (Å²) in [7, 11) is 0. The largest absolute Gasteiger partial charge is 0.399 e. The van der Waals surface area contributed by atoms with Crippen LogP contribution >= 0.6 is 0 Å². The van der Waals surface area contributed by atoms with Crippen molar-refractivity contribution in [2.24, 2.45) is 0 Å². The molecule has 1 atom stereocenters. The molecule has 1 saturated carbocycles. The molecule has 1 aromatic carbocycles. The fourth-order valence-corrected chi connectivity index (χ4v) is 4.66. The highest BCUT2D eigenvalue weighted by molar-refractivity contribution is 6.07. The molecule has 4 amide bonds. The third kappa shape index (κ3) is 3.26. The Labute approximate surface area is 158 Å². The minimum atomic E-state index is -0.712. The number of carbonyl (C=O) groups is 3. The summed E-state index contributed by atoms with van der Waals surface area (Å²) in [6, 6.07) is 5.41. The number of fused-ring (bicyclic) bond motifs is 1. The summed E-state index contributed by atoms with van der Waals surface area (Å²) in [6.07, 6.45) is 6.27. The quantitative estimate of drug-likeness (QED) is 0.557. The highest BCUT2D eigenvalue weighted by Gasteiger charge is 2.52. The van der Waals surface area contributed by atoms with Gasteiger partial charge in [0.2, 0.25) is 5.91 Å². The zero-order valence-corrected chi connectivity index (χ0v) is 15.4. The predicted octanol–water partition coefficient (Wildman–Crippen LogP) is 2.02. The van der Waals surface area contributed by atoms with Crippen molar-refractivity contribution in [2.45, 2.75) is 62.9 Å². The average Bonchev–Trinajstić information content (AvgIpc) is 3.19. The fraction of sp³-hybridized carbons (Fsp3) is 0.550. The number of nitrogens with zero attached hydrogens (tertiary/aromatic N) is 1. The predicted molar refractivity (Wildman–Crippen MR) is 101 cm³/mol. The second-order valence-corrected chi connectivity index (χ2v) is 7.90. The number of benzene rings is 1. The maximum Gasteiger partial charge on any atom is 0.325 e. The van der Waals surface area contributed by atoms with Gasteiger partial charge in [-0.3, -0.25) is 14.5 Å². The van der Waals surface area contributed by atoms with E-state index >= 15 is 0 Å². The van der Waals surface area contributed by atoms with Crippen LogP contribution in [0.5, 0.6) is 0 Å². The molecule has 0 aromatic heterocycles. The van der Waals surface area contributed by atoms with E-state index in [-0.39, 0.29) is 36.9 Å². The van der Waals surface area contributed by atoms with Crippen molar-refractivity contribution in [3.63, 3.8) is 0 Å². The summed E-state index contributed by atoms with van der Waals surface area (Å²) in [5.41, 5.74) is 8.18. The number of nitrogens with one attached hydrogen (secondary N) is 2. The van der Waals surface area contributed by atoms with E-state index in [4.69, 9.17) is 5.73 Å². The van der Waals surface area contributed by atoms with Crippen LogP contribution in [0.25, 0.3) is 0 Å². The van der Waals surface area contributed by atoms with E-state index in [1.165, 1.54) is 10.5 Å². The van der Waals surface area contributed by atoms with Crippen molar-refractivity contribution in [3.05, 3.63) is 29.3 Å². The summed E-state index contributed by atoms with van der Waals surface area (Å²) in [6.45, 7) is 0.125. The Kier molecular flexibility index (Phi) is 4.53. The lowest BCUT2D eigenvalue weighted by Crippen LogP contribution is -2.44. The average molecular weight is 370 g/mol. The third-order valence-corrected chi connectivity index (χ3v) is 6.08. The van der Waals surface area contributed by atoms with Crippen LogP contribution < -0.4 is 16.4 Å². The Bertz CT molecular complexity index is 785. The summed E-state index contributed by atoms with van der Waals surface area (Å²) >= 11 is 0. The lowest BCUT2D eigenvalue weighted by Gasteiger charge is -2.27.